The molecule has 0 radical (unpaired) electrons. The summed E-state index contributed by atoms with van der Waals surface area (Å²) in [5.74, 6) is -3.35. The highest BCUT2D eigenvalue weighted by Crippen LogP contribution is 2.38. The van der Waals surface area contributed by atoms with E-state index in [0.717, 1.165) is 17.7 Å². The van der Waals surface area contributed by atoms with Gasteiger partial charge in [-0.25, -0.2) is 9.18 Å². The summed E-state index contributed by atoms with van der Waals surface area (Å²) < 4.78 is 18.9. The van der Waals surface area contributed by atoms with E-state index in [1.165, 1.54) is 37.1 Å². The molecule has 1 aliphatic carbocycles. The molecule has 162 valence electrons. The lowest BCUT2D eigenvalue weighted by Crippen LogP contribution is -2.45. The van der Waals surface area contributed by atoms with Gasteiger partial charge < -0.3 is 9.64 Å². The summed E-state index contributed by atoms with van der Waals surface area (Å²) in [5.41, 5.74) is 0.158. The van der Waals surface area contributed by atoms with Crippen LogP contribution in [0.25, 0.3) is 0 Å². The lowest BCUT2D eigenvalue weighted by molar-refractivity contribution is -0.161. The van der Waals surface area contributed by atoms with Crippen molar-refractivity contribution < 1.29 is 28.3 Å². The number of likely N-dealkylation sites (tertiary alicyclic amines) is 1. The first-order chi connectivity index (χ1) is 14.2. The molecule has 1 saturated carbocycles. The third-order valence-electron chi connectivity index (χ3n) is 5.82. The molecule has 1 heterocycles. The van der Waals surface area contributed by atoms with E-state index >= 15 is 0 Å². The van der Waals surface area contributed by atoms with Gasteiger partial charge in [-0.05, 0) is 31.9 Å². The lowest BCUT2D eigenvalue weighted by atomic mass is 9.81. The number of hydrogen-bond acceptors (Lipinski definition) is 5. The molecule has 30 heavy (non-hydrogen) atoms. The molecule has 9 heteroatoms. The minimum atomic E-state index is -1.10. The number of benzene rings is 1. The van der Waals surface area contributed by atoms with Gasteiger partial charge in [0.05, 0.1) is 11.8 Å². The largest absolute Gasteiger partial charge is 0.454 e. The van der Waals surface area contributed by atoms with Crippen LogP contribution in [0.2, 0.25) is 5.02 Å². The Hall–Kier alpha value is -2.48. The van der Waals surface area contributed by atoms with Crippen LogP contribution >= 0.6 is 11.6 Å². The fourth-order valence-corrected chi connectivity index (χ4v) is 4.27. The van der Waals surface area contributed by atoms with E-state index in [1.807, 2.05) is 0 Å². The fourth-order valence-electron chi connectivity index (χ4n) is 4.05. The van der Waals surface area contributed by atoms with E-state index in [2.05, 4.69) is 0 Å². The van der Waals surface area contributed by atoms with Crippen molar-refractivity contribution in [3.63, 3.8) is 0 Å². The van der Waals surface area contributed by atoms with Gasteiger partial charge in [-0.15, -0.1) is 0 Å². The van der Waals surface area contributed by atoms with Gasteiger partial charge in [0.15, 0.2) is 6.61 Å². The number of rotatable bonds is 6. The summed E-state index contributed by atoms with van der Waals surface area (Å²) in [4.78, 5) is 52.0. The average molecular weight is 439 g/mol. The molecule has 2 aliphatic rings. The maximum absolute atomic E-state index is 13.9. The van der Waals surface area contributed by atoms with Crippen LogP contribution in [0.4, 0.5) is 4.39 Å². The summed E-state index contributed by atoms with van der Waals surface area (Å²) in [5, 5.41) is 0.188. The summed E-state index contributed by atoms with van der Waals surface area (Å²) in [6.45, 7) is 0.738. The highest BCUT2D eigenvalue weighted by Gasteiger charge is 2.51. The molecule has 2 unspecified atom stereocenters. The van der Waals surface area contributed by atoms with Crippen LogP contribution in [0.5, 0.6) is 0 Å². The molecular formula is C21H24ClFN2O5. The van der Waals surface area contributed by atoms with Gasteiger partial charge in [0.1, 0.15) is 11.9 Å². The Labute approximate surface area is 179 Å². The maximum atomic E-state index is 13.9. The van der Waals surface area contributed by atoms with Crippen molar-refractivity contribution in [3.05, 3.63) is 34.6 Å². The van der Waals surface area contributed by atoms with Gasteiger partial charge in [0, 0.05) is 24.2 Å². The Balaban J connectivity index is 1.56. The third-order valence-corrected chi connectivity index (χ3v) is 6.18. The fraction of sp³-hybridized carbons (Fsp3) is 0.524. The van der Waals surface area contributed by atoms with Crippen molar-refractivity contribution in [1.82, 2.24) is 9.80 Å². The monoisotopic (exact) mass is 438 g/mol. The molecule has 0 bridgehead atoms. The molecule has 1 saturated heterocycles. The van der Waals surface area contributed by atoms with E-state index in [1.54, 1.807) is 0 Å². The second-order valence-electron chi connectivity index (χ2n) is 7.78. The smallest absolute Gasteiger partial charge is 0.329 e. The number of carbonyl (C=O) groups is 4. The molecule has 3 amide bonds. The van der Waals surface area contributed by atoms with Crippen LogP contribution in [-0.2, 0) is 30.5 Å². The Bertz CT molecular complexity index is 833. The third kappa shape index (κ3) is 4.33. The highest BCUT2D eigenvalue weighted by atomic mass is 35.5. The summed E-state index contributed by atoms with van der Waals surface area (Å²) in [7, 11) is 1.43. The molecule has 7 nitrogen and oxygen atoms in total. The number of ether oxygens (including phenoxy) is 1. The zero-order valence-electron chi connectivity index (χ0n) is 16.9. The Kier molecular flexibility index (Phi) is 6.75. The number of nitrogens with zero attached hydrogens (tertiary/aromatic N) is 2. The minimum Gasteiger partial charge on any atom is -0.454 e. The van der Waals surface area contributed by atoms with Gasteiger partial charge in [-0.1, -0.05) is 30.5 Å². The first-order valence-corrected chi connectivity index (χ1v) is 10.3. The Morgan fingerprint density at radius 2 is 1.83 bits per heavy atom. The topological polar surface area (TPSA) is 84.0 Å². The highest BCUT2D eigenvalue weighted by molar-refractivity contribution is 6.31. The normalized spacial score (nSPS) is 21.9. The van der Waals surface area contributed by atoms with E-state index in [4.69, 9.17) is 16.3 Å². The number of carbonyl (C=O) groups excluding carboxylic acids is 4. The standard InChI is InChI=1S/C21H24ClFN2O5/c1-12(25-19(27)13-6-3-4-7-14(13)20(25)28)21(29)30-11-18(26)24(2)10-15-16(22)8-5-9-17(15)23/h5,8-9,12-14H,3-4,6-7,10-11H2,1-2H3/t12-,13?,14?/m0/s1. The van der Waals surface area contributed by atoms with Crippen molar-refractivity contribution in [1.29, 1.82) is 0 Å². The van der Waals surface area contributed by atoms with Crippen molar-refractivity contribution in [2.75, 3.05) is 13.7 Å². The summed E-state index contributed by atoms with van der Waals surface area (Å²) in [6, 6.07) is 3.11. The number of esters is 1. The Morgan fingerprint density at radius 1 is 1.23 bits per heavy atom. The van der Waals surface area contributed by atoms with Crippen LogP contribution in [0.15, 0.2) is 18.2 Å². The molecule has 3 atom stereocenters. The zero-order valence-corrected chi connectivity index (χ0v) is 17.7. The predicted molar refractivity (Wildman–Crippen MR) is 106 cm³/mol. The molecule has 1 aromatic carbocycles. The van der Waals surface area contributed by atoms with Crippen LogP contribution in [0.3, 0.4) is 0 Å². The number of hydrogen-bond donors (Lipinski definition) is 0. The molecule has 0 spiro atoms. The van der Waals surface area contributed by atoms with Crippen LogP contribution in [-0.4, -0.2) is 53.2 Å². The second kappa shape index (κ2) is 9.12. The molecule has 2 fully saturated rings. The van der Waals surface area contributed by atoms with Crippen LogP contribution in [0.1, 0.15) is 38.2 Å². The minimum absolute atomic E-state index is 0.0934. The van der Waals surface area contributed by atoms with Gasteiger partial charge >= 0.3 is 5.97 Å². The molecule has 0 aromatic heterocycles. The van der Waals surface area contributed by atoms with Gasteiger partial charge in [-0.3, -0.25) is 19.3 Å². The maximum Gasteiger partial charge on any atom is 0.329 e. The van der Waals surface area contributed by atoms with E-state index in [9.17, 15) is 23.6 Å². The first-order valence-electron chi connectivity index (χ1n) is 9.92. The molecular weight excluding hydrogens is 415 g/mol. The van der Waals surface area contributed by atoms with Crippen molar-refractivity contribution >= 4 is 35.3 Å². The van der Waals surface area contributed by atoms with Crippen LogP contribution < -0.4 is 0 Å². The van der Waals surface area contributed by atoms with Crippen molar-refractivity contribution in [2.24, 2.45) is 11.8 Å². The number of amides is 3. The van der Waals surface area contributed by atoms with E-state index in [-0.39, 0.29) is 40.8 Å². The summed E-state index contributed by atoms with van der Waals surface area (Å²) in [6.07, 6.45) is 3.07. The summed E-state index contributed by atoms with van der Waals surface area (Å²) >= 11 is 5.97. The second-order valence-corrected chi connectivity index (χ2v) is 8.18. The average Bonchev–Trinajstić information content (AvgIpc) is 2.98. The van der Waals surface area contributed by atoms with Crippen LogP contribution in [0, 0.1) is 17.7 Å². The zero-order chi connectivity index (χ0) is 22.0. The molecule has 3 rings (SSSR count). The van der Waals surface area contributed by atoms with E-state index < -0.39 is 30.3 Å². The predicted octanol–water partition coefficient (Wildman–Crippen LogP) is 2.54. The van der Waals surface area contributed by atoms with Gasteiger partial charge in [0.25, 0.3) is 5.91 Å². The van der Waals surface area contributed by atoms with E-state index in [0.29, 0.717) is 12.8 Å². The van der Waals surface area contributed by atoms with Gasteiger partial charge in [-0.2, -0.15) is 0 Å². The lowest BCUT2D eigenvalue weighted by Gasteiger charge is -2.22. The first kappa shape index (κ1) is 22.2. The number of halogens is 2. The Morgan fingerprint density at radius 3 is 2.40 bits per heavy atom. The quantitative estimate of drug-likeness (QED) is 0.503. The number of fused-ring (bicyclic) bond motifs is 1. The van der Waals surface area contributed by atoms with Crippen molar-refractivity contribution in [2.45, 2.75) is 45.2 Å². The van der Waals surface area contributed by atoms with Crippen molar-refractivity contribution in [3.8, 4) is 0 Å². The molecule has 0 N–H and O–H groups in total. The van der Waals surface area contributed by atoms with Gasteiger partial charge in [0.2, 0.25) is 11.8 Å². The number of imide groups is 1. The number of likely N-dealkylation sites (N-methyl/N-ethyl adjacent to an activating group) is 1. The molecule has 1 aromatic rings. The SMILES string of the molecule is C[C@@H](C(=O)OCC(=O)N(C)Cc1c(F)cccc1Cl)N1C(=O)C2CCCCC2C1=O. The molecule has 1 aliphatic heterocycles.